The third-order valence-electron chi connectivity index (χ3n) is 2.33. The Labute approximate surface area is 97.5 Å². The summed E-state index contributed by atoms with van der Waals surface area (Å²) in [6.45, 7) is 8.28. The van der Waals surface area contributed by atoms with Crippen LogP contribution in [0, 0.1) is 10.4 Å². The summed E-state index contributed by atoms with van der Waals surface area (Å²) in [6.07, 6.45) is 3.17. The smallest absolute Gasteiger partial charge is 0.0820 e. The lowest BCUT2D eigenvalue weighted by Gasteiger charge is -2.22. The van der Waals surface area contributed by atoms with E-state index in [1.54, 1.807) is 0 Å². The van der Waals surface area contributed by atoms with Gasteiger partial charge in [-0.25, -0.2) is 0 Å². The summed E-state index contributed by atoms with van der Waals surface area (Å²) in [5.41, 5.74) is 0. The molecule has 0 saturated heterocycles. The highest BCUT2D eigenvalue weighted by atomic mass is 16.6. The van der Waals surface area contributed by atoms with Gasteiger partial charge in [-0.05, 0) is 45.1 Å². The second-order valence-corrected chi connectivity index (χ2v) is 4.05. The van der Waals surface area contributed by atoms with Gasteiger partial charge in [0.1, 0.15) is 0 Å². The first-order chi connectivity index (χ1) is 7.63. The van der Waals surface area contributed by atoms with Gasteiger partial charge in [0.15, 0.2) is 0 Å². The van der Waals surface area contributed by atoms with E-state index >= 15 is 0 Å². The molecule has 0 rings (SSSR count). The third-order valence-corrected chi connectivity index (χ3v) is 2.33. The van der Waals surface area contributed by atoms with Crippen LogP contribution in [0.15, 0.2) is 5.28 Å². The molecule has 6 nitrogen and oxygen atoms in total. The number of hydrogen-bond donors (Lipinski definition) is 1. The van der Waals surface area contributed by atoms with Crippen molar-refractivity contribution in [2.75, 3.05) is 19.6 Å². The van der Waals surface area contributed by atoms with Crippen molar-refractivity contribution in [1.29, 1.82) is 0 Å². The van der Waals surface area contributed by atoms with Gasteiger partial charge in [-0.15, -0.1) is 5.01 Å². The van der Waals surface area contributed by atoms with Gasteiger partial charge < -0.3 is 15.7 Å². The van der Waals surface area contributed by atoms with Crippen molar-refractivity contribution in [3.63, 3.8) is 0 Å². The summed E-state index contributed by atoms with van der Waals surface area (Å²) in [4.78, 5) is 0.136. The fraction of sp³-hybridized carbons (Fsp3) is 1.00. The lowest BCUT2D eigenvalue weighted by Crippen LogP contribution is -2.38. The molecule has 0 saturated carbocycles. The summed E-state index contributed by atoms with van der Waals surface area (Å²) in [5, 5.41) is 28.3. The van der Waals surface area contributed by atoms with Crippen LogP contribution in [-0.4, -0.2) is 35.7 Å². The average molecular weight is 231 g/mol. The number of nitrogens with one attached hydrogen (secondary N) is 1. The van der Waals surface area contributed by atoms with Crippen molar-refractivity contribution >= 4 is 0 Å². The van der Waals surface area contributed by atoms with Crippen LogP contribution >= 0.6 is 0 Å². The number of hydrogen-bond acceptors (Lipinski definition) is 4. The predicted octanol–water partition coefficient (Wildman–Crippen LogP) is 1.85. The molecule has 0 aromatic rings. The van der Waals surface area contributed by atoms with E-state index in [0.717, 1.165) is 25.9 Å². The Morgan fingerprint density at radius 3 is 2.44 bits per heavy atom. The monoisotopic (exact) mass is 231 g/mol. The van der Waals surface area contributed by atoms with E-state index in [-0.39, 0.29) is 11.0 Å². The molecule has 0 radical (unpaired) electrons. The Bertz CT molecular complexity index is 197. The van der Waals surface area contributed by atoms with Crippen LogP contribution in [0.25, 0.3) is 0 Å². The average Bonchev–Trinajstić information content (AvgIpc) is 2.26. The van der Waals surface area contributed by atoms with Crippen LogP contribution in [0.4, 0.5) is 0 Å². The van der Waals surface area contributed by atoms with Crippen molar-refractivity contribution in [2.45, 2.75) is 46.1 Å². The SMILES string of the molecule is CCCCNCCCN(C(C)C)/[N+]([O-])=N/[O-]. The highest BCUT2D eigenvalue weighted by Crippen LogP contribution is 2.00. The van der Waals surface area contributed by atoms with Gasteiger partial charge in [-0.3, -0.25) is 0 Å². The number of nitrogens with zero attached hydrogens (tertiary/aromatic N) is 3. The third kappa shape index (κ3) is 6.44. The van der Waals surface area contributed by atoms with Crippen LogP contribution in [0.5, 0.6) is 0 Å². The van der Waals surface area contributed by atoms with Crippen molar-refractivity contribution in [2.24, 2.45) is 5.28 Å². The lowest BCUT2D eigenvalue weighted by molar-refractivity contribution is -0.697. The molecule has 0 spiro atoms. The highest BCUT2D eigenvalue weighted by Gasteiger charge is 2.14. The molecule has 0 aromatic heterocycles. The minimum Gasteiger partial charge on any atom is -0.737 e. The Morgan fingerprint density at radius 1 is 1.31 bits per heavy atom. The van der Waals surface area contributed by atoms with E-state index in [2.05, 4.69) is 17.5 Å². The first kappa shape index (κ1) is 15.0. The van der Waals surface area contributed by atoms with E-state index in [4.69, 9.17) is 0 Å². The van der Waals surface area contributed by atoms with E-state index in [9.17, 15) is 10.4 Å². The molecule has 16 heavy (non-hydrogen) atoms. The molecule has 6 heteroatoms. The maximum atomic E-state index is 11.1. The minimum atomic E-state index is -0.00848. The molecular formula is C10H23N4O2-. The van der Waals surface area contributed by atoms with Crippen LogP contribution in [0.2, 0.25) is 0 Å². The normalized spacial score (nSPS) is 12.1. The Kier molecular flexibility index (Phi) is 8.61. The van der Waals surface area contributed by atoms with E-state index in [1.165, 1.54) is 11.4 Å². The maximum absolute atomic E-state index is 11.1. The Hall–Kier alpha value is -1.04. The molecule has 0 heterocycles. The fourth-order valence-electron chi connectivity index (χ4n) is 1.38. The van der Waals surface area contributed by atoms with Crippen molar-refractivity contribution < 1.29 is 4.97 Å². The quantitative estimate of drug-likeness (QED) is 0.284. The van der Waals surface area contributed by atoms with Gasteiger partial charge in [-0.1, -0.05) is 13.3 Å². The molecule has 0 atom stereocenters. The maximum Gasteiger partial charge on any atom is 0.0820 e. The van der Waals surface area contributed by atoms with Gasteiger partial charge in [0.05, 0.1) is 12.6 Å². The molecule has 0 aliphatic rings. The lowest BCUT2D eigenvalue weighted by atomic mass is 10.3. The van der Waals surface area contributed by atoms with Crippen LogP contribution < -0.4 is 5.32 Å². The Morgan fingerprint density at radius 2 is 1.94 bits per heavy atom. The van der Waals surface area contributed by atoms with Crippen molar-refractivity contribution in [3.8, 4) is 0 Å². The van der Waals surface area contributed by atoms with E-state index in [1.807, 2.05) is 13.8 Å². The predicted molar refractivity (Wildman–Crippen MR) is 63.7 cm³/mol. The molecule has 0 fully saturated rings. The molecule has 0 bridgehead atoms. The first-order valence-corrected chi connectivity index (χ1v) is 5.91. The molecule has 1 N–H and O–H groups in total. The van der Waals surface area contributed by atoms with Gasteiger partial charge >= 0.3 is 0 Å². The first-order valence-electron chi connectivity index (χ1n) is 5.91. The van der Waals surface area contributed by atoms with E-state index in [0.29, 0.717) is 6.54 Å². The van der Waals surface area contributed by atoms with Gasteiger partial charge in [-0.2, -0.15) is 0 Å². The molecule has 0 aromatic carbocycles. The summed E-state index contributed by atoms with van der Waals surface area (Å²) < 4.78 is 0. The van der Waals surface area contributed by atoms with Gasteiger partial charge in [0.2, 0.25) is 0 Å². The topological polar surface area (TPSA) is 76.8 Å². The van der Waals surface area contributed by atoms with Crippen molar-refractivity contribution in [1.82, 2.24) is 10.3 Å². The number of rotatable bonds is 9. The number of hydrazine groups is 1. The molecular weight excluding hydrogens is 208 g/mol. The summed E-state index contributed by atoms with van der Waals surface area (Å²) >= 11 is 0. The fourth-order valence-corrected chi connectivity index (χ4v) is 1.38. The van der Waals surface area contributed by atoms with Crippen molar-refractivity contribution in [3.05, 3.63) is 10.4 Å². The summed E-state index contributed by atoms with van der Waals surface area (Å²) in [5.74, 6) is 0. The van der Waals surface area contributed by atoms with Crippen LogP contribution in [0.3, 0.4) is 0 Å². The van der Waals surface area contributed by atoms with Crippen LogP contribution in [-0.2, 0) is 0 Å². The van der Waals surface area contributed by atoms with E-state index < -0.39 is 0 Å². The number of unbranched alkanes of at least 4 members (excludes halogenated alkanes) is 1. The summed E-state index contributed by atoms with van der Waals surface area (Å²) in [7, 11) is 0. The second-order valence-electron chi connectivity index (χ2n) is 4.05. The molecule has 0 unspecified atom stereocenters. The molecule has 96 valence electrons. The molecule has 0 aliphatic heterocycles. The zero-order valence-electron chi connectivity index (χ0n) is 10.5. The Balaban J connectivity index is 3.70. The summed E-state index contributed by atoms with van der Waals surface area (Å²) in [6, 6.07) is -0.00848. The minimum absolute atomic E-state index is 0.00848. The highest BCUT2D eigenvalue weighted by molar-refractivity contribution is 4.54. The molecule has 0 amide bonds. The van der Waals surface area contributed by atoms with Gasteiger partial charge in [0.25, 0.3) is 0 Å². The standard InChI is InChI=1S/C10H24N4O2/c1-4-5-7-11-8-6-9-13(10(2)3)14(16)12-15/h10-11,15H,4-9H2,1-3H3/p-1/b14-12-. The zero-order chi connectivity index (χ0) is 12.4. The largest absolute Gasteiger partial charge is 0.737 e. The van der Waals surface area contributed by atoms with Gasteiger partial charge in [0, 0.05) is 4.97 Å². The second kappa shape index (κ2) is 9.21. The molecule has 0 aliphatic carbocycles. The van der Waals surface area contributed by atoms with Crippen LogP contribution in [0.1, 0.15) is 40.0 Å². The zero-order valence-corrected chi connectivity index (χ0v) is 10.5.